The highest BCUT2D eigenvalue weighted by molar-refractivity contribution is 5.79. The molecule has 1 aromatic heterocycles. The van der Waals surface area contributed by atoms with Crippen molar-refractivity contribution in [3.63, 3.8) is 0 Å². The summed E-state index contributed by atoms with van der Waals surface area (Å²) in [5, 5.41) is 0. The van der Waals surface area contributed by atoms with Crippen molar-refractivity contribution < 1.29 is 13.9 Å². The van der Waals surface area contributed by atoms with Crippen molar-refractivity contribution in [2.24, 2.45) is 5.92 Å². The molecule has 0 bridgehead atoms. The Hall–Kier alpha value is -1.56. The third-order valence-electron chi connectivity index (χ3n) is 3.63. The largest absolute Gasteiger partial charge is 0.428 e. The summed E-state index contributed by atoms with van der Waals surface area (Å²) < 4.78 is 10.6. The molecule has 0 unspecified atom stereocenters. The van der Waals surface area contributed by atoms with Crippen LogP contribution < -0.4 is 5.73 Å². The van der Waals surface area contributed by atoms with Crippen LogP contribution in [0.1, 0.15) is 24.3 Å². The van der Waals surface area contributed by atoms with E-state index in [0.717, 1.165) is 24.3 Å². The second kappa shape index (κ2) is 4.61. The number of nitrogens with two attached hydrogens (primary N) is 1. The van der Waals surface area contributed by atoms with Gasteiger partial charge in [-0.25, -0.2) is 0 Å². The van der Waals surface area contributed by atoms with Gasteiger partial charge in [-0.3, -0.25) is 4.79 Å². The van der Waals surface area contributed by atoms with Crippen molar-refractivity contribution in [3.8, 4) is 0 Å². The number of amides is 1. The van der Waals surface area contributed by atoms with Crippen LogP contribution in [0, 0.1) is 5.92 Å². The molecule has 0 spiro atoms. The third-order valence-corrected chi connectivity index (χ3v) is 3.63. The highest BCUT2D eigenvalue weighted by Gasteiger charge is 2.30. The number of nitrogen functional groups attached to an aromatic ring is 1. The Morgan fingerprint density at radius 1 is 1.39 bits per heavy atom. The van der Waals surface area contributed by atoms with Crippen molar-refractivity contribution in [3.05, 3.63) is 11.5 Å². The van der Waals surface area contributed by atoms with Crippen LogP contribution in [0.15, 0.2) is 4.42 Å². The molecule has 3 rings (SSSR count). The monoisotopic (exact) mass is 251 g/mol. The first-order valence-electron chi connectivity index (χ1n) is 6.34. The Morgan fingerprint density at radius 3 is 2.94 bits per heavy atom. The molecule has 1 amide bonds. The Balaban J connectivity index is 1.69. The van der Waals surface area contributed by atoms with Crippen molar-refractivity contribution in [1.29, 1.82) is 0 Å². The number of hydrogen-bond donors (Lipinski definition) is 1. The number of nitrogens with zero attached hydrogens (tertiary/aromatic N) is 2. The van der Waals surface area contributed by atoms with E-state index in [0.29, 0.717) is 32.7 Å². The highest BCUT2D eigenvalue weighted by atomic mass is 16.5. The summed E-state index contributed by atoms with van der Waals surface area (Å²) in [4.78, 5) is 18.3. The summed E-state index contributed by atoms with van der Waals surface area (Å²) in [6.07, 6.45) is 2.35. The molecule has 6 heteroatoms. The quantitative estimate of drug-likeness (QED) is 0.789. The molecule has 6 nitrogen and oxygen atoms in total. The normalized spacial score (nSPS) is 20.8. The van der Waals surface area contributed by atoms with Gasteiger partial charge < -0.3 is 19.8 Å². The van der Waals surface area contributed by atoms with E-state index in [2.05, 4.69) is 4.98 Å². The first-order chi connectivity index (χ1) is 8.74. The highest BCUT2D eigenvalue weighted by Crippen LogP contribution is 2.24. The molecular formula is C12H17N3O3. The Bertz CT molecular complexity index is 451. The zero-order chi connectivity index (χ0) is 12.5. The lowest BCUT2D eigenvalue weighted by atomic mass is 9.97. The lowest BCUT2D eigenvalue weighted by molar-refractivity contribution is -0.139. The predicted octanol–water partition coefficient (Wildman–Crippen LogP) is 0.568. The topological polar surface area (TPSA) is 81.6 Å². The first kappa shape index (κ1) is 11.5. The molecule has 1 fully saturated rings. The van der Waals surface area contributed by atoms with Crippen molar-refractivity contribution >= 4 is 11.9 Å². The van der Waals surface area contributed by atoms with Gasteiger partial charge >= 0.3 is 0 Å². The number of oxazole rings is 1. The summed E-state index contributed by atoms with van der Waals surface area (Å²) in [6, 6.07) is 0.195. The fraction of sp³-hybridized carbons (Fsp3) is 0.667. The molecule has 1 aromatic rings. The summed E-state index contributed by atoms with van der Waals surface area (Å²) in [7, 11) is 0. The smallest absolute Gasteiger partial charge is 0.292 e. The average Bonchev–Trinajstić information content (AvgIpc) is 2.78. The van der Waals surface area contributed by atoms with Gasteiger partial charge in [0, 0.05) is 32.1 Å². The maximum atomic E-state index is 12.4. The van der Waals surface area contributed by atoms with E-state index in [-0.39, 0.29) is 17.8 Å². The zero-order valence-electron chi connectivity index (χ0n) is 10.2. The van der Waals surface area contributed by atoms with Gasteiger partial charge in [0.05, 0.1) is 6.54 Å². The van der Waals surface area contributed by atoms with Gasteiger partial charge in [0.2, 0.25) is 5.91 Å². The third kappa shape index (κ3) is 2.08. The van der Waals surface area contributed by atoms with Gasteiger partial charge in [0.1, 0.15) is 11.5 Å². The van der Waals surface area contributed by atoms with Crippen LogP contribution in [0.25, 0.3) is 0 Å². The number of rotatable bonds is 1. The Labute approximate surface area is 105 Å². The van der Waals surface area contributed by atoms with Crippen LogP contribution in [0.2, 0.25) is 0 Å². The number of anilines is 1. The summed E-state index contributed by atoms with van der Waals surface area (Å²) >= 11 is 0. The number of fused-ring (bicyclic) bond motifs is 1. The molecule has 3 heterocycles. The fourth-order valence-corrected chi connectivity index (χ4v) is 2.61. The number of ether oxygens (including phenoxy) is 1. The molecular weight excluding hydrogens is 234 g/mol. The number of carbonyl (C=O) groups is 1. The molecule has 18 heavy (non-hydrogen) atoms. The molecule has 0 radical (unpaired) electrons. The van der Waals surface area contributed by atoms with Gasteiger partial charge in [-0.15, -0.1) is 0 Å². The Morgan fingerprint density at radius 2 is 2.17 bits per heavy atom. The lowest BCUT2D eigenvalue weighted by Crippen LogP contribution is -2.41. The lowest BCUT2D eigenvalue weighted by Gasteiger charge is -2.30. The molecule has 2 N–H and O–H groups in total. The summed E-state index contributed by atoms with van der Waals surface area (Å²) in [5.74, 6) is 1.14. The van der Waals surface area contributed by atoms with Crippen molar-refractivity contribution in [2.75, 3.05) is 25.5 Å². The minimum atomic E-state index is 0.101. The summed E-state index contributed by atoms with van der Waals surface area (Å²) in [5.41, 5.74) is 6.33. The van der Waals surface area contributed by atoms with Crippen LogP contribution >= 0.6 is 0 Å². The van der Waals surface area contributed by atoms with E-state index in [9.17, 15) is 4.79 Å². The molecule has 0 atom stereocenters. The van der Waals surface area contributed by atoms with E-state index < -0.39 is 0 Å². The van der Waals surface area contributed by atoms with Crippen molar-refractivity contribution in [2.45, 2.75) is 25.8 Å². The standard InChI is InChI=1S/C12H17N3O3/c13-12-14-9-7-15(4-1-10(9)18-12)11(16)8-2-5-17-6-3-8/h8H,1-7H2,(H2,13,14). The van der Waals surface area contributed by atoms with E-state index >= 15 is 0 Å². The maximum Gasteiger partial charge on any atom is 0.292 e. The predicted molar refractivity (Wildman–Crippen MR) is 63.6 cm³/mol. The van der Waals surface area contributed by atoms with Gasteiger partial charge in [0.15, 0.2) is 0 Å². The van der Waals surface area contributed by atoms with Gasteiger partial charge in [-0.2, -0.15) is 4.98 Å². The van der Waals surface area contributed by atoms with Crippen molar-refractivity contribution in [1.82, 2.24) is 9.88 Å². The number of carbonyl (C=O) groups excluding carboxylic acids is 1. The molecule has 0 saturated carbocycles. The van der Waals surface area contributed by atoms with E-state index in [4.69, 9.17) is 14.9 Å². The second-order valence-corrected chi connectivity index (χ2v) is 4.82. The van der Waals surface area contributed by atoms with Crippen LogP contribution in [-0.4, -0.2) is 35.5 Å². The maximum absolute atomic E-state index is 12.4. The average molecular weight is 251 g/mol. The molecule has 2 aliphatic heterocycles. The second-order valence-electron chi connectivity index (χ2n) is 4.82. The van der Waals surface area contributed by atoms with Crippen LogP contribution in [-0.2, 0) is 22.5 Å². The minimum Gasteiger partial charge on any atom is -0.428 e. The number of aromatic nitrogens is 1. The van der Waals surface area contributed by atoms with Gasteiger partial charge in [0.25, 0.3) is 6.01 Å². The molecule has 98 valence electrons. The van der Waals surface area contributed by atoms with Crippen LogP contribution in [0.3, 0.4) is 0 Å². The van der Waals surface area contributed by atoms with E-state index in [1.54, 1.807) is 0 Å². The molecule has 0 aliphatic carbocycles. The minimum absolute atomic E-state index is 0.101. The van der Waals surface area contributed by atoms with Gasteiger partial charge in [-0.05, 0) is 12.8 Å². The molecule has 2 aliphatic rings. The molecule has 0 aromatic carbocycles. The fourth-order valence-electron chi connectivity index (χ4n) is 2.61. The SMILES string of the molecule is Nc1nc2c(o1)CCN(C(=O)C1CCOCC1)C2. The number of hydrogen-bond acceptors (Lipinski definition) is 5. The van der Waals surface area contributed by atoms with Crippen LogP contribution in [0.5, 0.6) is 0 Å². The Kier molecular flexibility index (Phi) is 2.95. The van der Waals surface area contributed by atoms with E-state index in [1.165, 1.54) is 0 Å². The first-order valence-corrected chi connectivity index (χ1v) is 6.34. The van der Waals surface area contributed by atoms with E-state index in [1.807, 2.05) is 4.90 Å². The summed E-state index contributed by atoms with van der Waals surface area (Å²) in [6.45, 7) is 2.59. The van der Waals surface area contributed by atoms with Crippen LogP contribution in [0.4, 0.5) is 6.01 Å². The zero-order valence-corrected chi connectivity index (χ0v) is 10.2. The molecule has 1 saturated heterocycles. The van der Waals surface area contributed by atoms with Gasteiger partial charge in [-0.1, -0.05) is 0 Å².